The number of rotatable bonds is 14. The molecule has 2 atom stereocenters. The fraction of sp³-hybridized carbons (Fsp3) is 0.786. The summed E-state index contributed by atoms with van der Waals surface area (Å²) in [5.74, 6) is 2.48. The van der Waals surface area contributed by atoms with E-state index in [0.717, 1.165) is 43.9 Å². The van der Waals surface area contributed by atoms with Crippen molar-refractivity contribution in [3.63, 3.8) is 0 Å². The second kappa shape index (κ2) is 14.2. The maximum Gasteiger partial charge on any atom is 0.0930 e. The van der Waals surface area contributed by atoms with Gasteiger partial charge in [-0.2, -0.15) is 0 Å². The van der Waals surface area contributed by atoms with Crippen LogP contribution in [0, 0.1) is 11.8 Å². The zero-order valence-electron chi connectivity index (χ0n) is 19.6. The molecular formula is C28H47O. The molecule has 0 aliphatic heterocycles. The zero-order valence-corrected chi connectivity index (χ0v) is 19.6. The van der Waals surface area contributed by atoms with Crippen molar-refractivity contribution in [3.8, 4) is 0 Å². The Hall–Kier alpha value is -0.820. The summed E-state index contributed by atoms with van der Waals surface area (Å²) in [4.78, 5) is 0. The molecule has 1 aliphatic carbocycles. The molecule has 0 spiro atoms. The third kappa shape index (κ3) is 9.69. The van der Waals surface area contributed by atoms with Gasteiger partial charge in [0, 0.05) is 0 Å². The highest BCUT2D eigenvalue weighted by atomic mass is 16.3. The summed E-state index contributed by atoms with van der Waals surface area (Å²) in [6.07, 6.45) is 18.7. The van der Waals surface area contributed by atoms with Crippen molar-refractivity contribution in [2.24, 2.45) is 11.8 Å². The first-order valence-corrected chi connectivity index (χ1v) is 12.9. The molecule has 1 aliphatic rings. The molecule has 2 rings (SSSR count). The van der Waals surface area contributed by atoms with Crippen LogP contribution in [0.4, 0.5) is 0 Å². The number of aryl methyl sites for hydroxylation is 1. The van der Waals surface area contributed by atoms with Crippen molar-refractivity contribution >= 4 is 0 Å². The van der Waals surface area contributed by atoms with Crippen LogP contribution in [0.3, 0.4) is 0 Å². The second-order valence-corrected chi connectivity index (χ2v) is 9.91. The predicted octanol–water partition coefficient (Wildman–Crippen LogP) is 8.88. The average molecular weight is 400 g/mol. The molecule has 0 amide bonds. The molecule has 1 saturated carbocycles. The van der Waals surface area contributed by atoms with Crippen LogP contribution < -0.4 is 0 Å². The van der Waals surface area contributed by atoms with Gasteiger partial charge in [0.15, 0.2) is 0 Å². The van der Waals surface area contributed by atoms with Crippen molar-refractivity contribution in [1.82, 2.24) is 0 Å². The molecule has 0 aromatic heterocycles. The van der Waals surface area contributed by atoms with Gasteiger partial charge < -0.3 is 0 Å². The highest BCUT2D eigenvalue weighted by molar-refractivity contribution is 5.25. The lowest BCUT2D eigenvalue weighted by atomic mass is 9.77. The summed E-state index contributed by atoms with van der Waals surface area (Å²) >= 11 is 0. The quantitative estimate of drug-likeness (QED) is 0.278. The van der Waals surface area contributed by atoms with Gasteiger partial charge in [-0.1, -0.05) is 109 Å². The fourth-order valence-electron chi connectivity index (χ4n) is 5.05. The summed E-state index contributed by atoms with van der Waals surface area (Å²) in [6, 6.07) is 9.31. The Labute approximate surface area is 181 Å². The van der Waals surface area contributed by atoms with E-state index in [2.05, 4.69) is 45.0 Å². The summed E-state index contributed by atoms with van der Waals surface area (Å²) in [6.45, 7) is 6.75. The van der Waals surface area contributed by atoms with Gasteiger partial charge in [0.1, 0.15) is 0 Å². The summed E-state index contributed by atoms with van der Waals surface area (Å²) in [5.41, 5.74) is 2.90. The van der Waals surface area contributed by atoms with Gasteiger partial charge >= 0.3 is 0 Å². The smallest absolute Gasteiger partial charge is 0.0930 e. The van der Waals surface area contributed by atoms with E-state index in [0.29, 0.717) is 5.92 Å². The minimum atomic E-state index is -0.363. The van der Waals surface area contributed by atoms with E-state index in [4.69, 9.17) is 0 Å². The molecule has 1 aromatic carbocycles. The molecular weight excluding hydrogens is 352 g/mol. The normalized spacial score (nSPS) is 21.8. The van der Waals surface area contributed by atoms with Crippen LogP contribution in [0.5, 0.6) is 0 Å². The van der Waals surface area contributed by atoms with Crippen molar-refractivity contribution in [2.75, 3.05) is 0 Å². The van der Waals surface area contributed by atoms with Crippen LogP contribution in [0.1, 0.15) is 128 Å². The van der Waals surface area contributed by atoms with Gasteiger partial charge in [0.25, 0.3) is 0 Å². The predicted molar refractivity (Wildman–Crippen MR) is 126 cm³/mol. The first kappa shape index (κ1) is 24.4. The summed E-state index contributed by atoms with van der Waals surface area (Å²) in [5, 5.41) is 12.0. The molecule has 0 heterocycles. The maximum atomic E-state index is 12.0. The molecule has 1 nitrogen and oxygen atoms in total. The van der Waals surface area contributed by atoms with Crippen LogP contribution in [0.25, 0.3) is 0 Å². The van der Waals surface area contributed by atoms with E-state index < -0.39 is 0 Å². The van der Waals surface area contributed by atoms with Gasteiger partial charge in [-0.3, -0.25) is 0 Å². The Kier molecular flexibility index (Phi) is 12.0. The van der Waals surface area contributed by atoms with Crippen molar-refractivity contribution in [1.29, 1.82) is 0 Å². The third-order valence-corrected chi connectivity index (χ3v) is 7.37. The van der Waals surface area contributed by atoms with Crippen LogP contribution in [-0.4, -0.2) is 6.10 Å². The lowest BCUT2D eigenvalue weighted by molar-refractivity contribution is 0.0685. The minimum Gasteiger partial charge on any atom is -0.233 e. The first-order valence-electron chi connectivity index (χ1n) is 12.9. The van der Waals surface area contributed by atoms with E-state index in [-0.39, 0.29) is 6.10 Å². The number of hydrogen-bond donors (Lipinski definition) is 0. The van der Waals surface area contributed by atoms with Crippen LogP contribution in [0.15, 0.2) is 24.3 Å². The Bertz CT molecular complexity index is 512. The Morgan fingerprint density at radius 2 is 1.41 bits per heavy atom. The van der Waals surface area contributed by atoms with E-state index >= 15 is 0 Å². The van der Waals surface area contributed by atoms with E-state index in [9.17, 15) is 5.11 Å². The molecule has 0 bridgehead atoms. The molecule has 165 valence electrons. The van der Waals surface area contributed by atoms with Gasteiger partial charge in [-0.25, -0.2) is 5.11 Å². The SMILES string of the molecule is CCCCC[C@H]1CC[C@H](CCc2ccc(C(C)CCC([O])CCCC)cc2)CC1. The maximum absolute atomic E-state index is 12.0. The van der Waals surface area contributed by atoms with Crippen molar-refractivity contribution in [3.05, 3.63) is 35.4 Å². The van der Waals surface area contributed by atoms with Gasteiger partial charge in [0.2, 0.25) is 0 Å². The zero-order chi connectivity index (χ0) is 20.9. The lowest BCUT2D eigenvalue weighted by Crippen LogP contribution is -2.15. The van der Waals surface area contributed by atoms with Crippen molar-refractivity contribution in [2.45, 2.75) is 129 Å². The van der Waals surface area contributed by atoms with Crippen LogP contribution in [0.2, 0.25) is 0 Å². The molecule has 1 fully saturated rings. The summed E-state index contributed by atoms with van der Waals surface area (Å²) in [7, 11) is 0. The largest absolute Gasteiger partial charge is 0.233 e. The molecule has 1 radical (unpaired) electrons. The number of benzene rings is 1. The number of unbranched alkanes of at least 4 members (excludes halogenated alkanes) is 3. The van der Waals surface area contributed by atoms with E-state index in [1.54, 1.807) is 0 Å². The fourth-order valence-corrected chi connectivity index (χ4v) is 5.05. The third-order valence-electron chi connectivity index (χ3n) is 7.37. The summed E-state index contributed by atoms with van der Waals surface area (Å²) < 4.78 is 0. The Morgan fingerprint density at radius 3 is 2.03 bits per heavy atom. The molecule has 2 unspecified atom stereocenters. The van der Waals surface area contributed by atoms with E-state index in [1.165, 1.54) is 75.3 Å². The van der Waals surface area contributed by atoms with Gasteiger partial charge in [-0.15, -0.1) is 0 Å². The number of hydrogen-bond acceptors (Lipinski definition) is 0. The van der Waals surface area contributed by atoms with E-state index in [1.807, 2.05) is 0 Å². The highest BCUT2D eigenvalue weighted by Gasteiger charge is 2.20. The minimum absolute atomic E-state index is 0.363. The lowest BCUT2D eigenvalue weighted by Gasteiger charge is -2.28. The monoisotopic (exact) mass is 399 g/mol. The molecule has 1 aromatic rings. The standard InChI is InChI=1S/C28H47O/c1-4-6-8-9-24-12-14-25(15-13-24)16-17-26-18-20-27(21-19-26)23(3)11-22-28(29)10-7-5-2/h18-21,23-25,28H,4-17,22H2,1-3H3/t23?,24-,25-,28?. The molecule has 0 N–H and O–H groups in total. The van der Waals surface area contributed by atoms with Gasteiger partial charge in [0.05, 0.1) is 6.10 Å². The topological polar surface area (TPSA) is 19.9 Å². The van der Waals surface area contributed by atoms with Gasteiger partial charge in [-0.05, 0) is 61.0 Å². The highest BCUT2D eigenvalue weighted by Crippen LogP contribution is 2.34. The van der Waals surface area contributed by atoms with Crippen LogP contribution >= 0.6 is 0 Å². The second-order valence-electron chi connectivity index (χ2n) is 9.91. The molecule has 29 heavy (non-hydrogen) atoms. The van der Waals surface area contributed by atoms with Crippen molar-refractivity contribution < 1.29 is 5.11 Å². The average Bonchev–Trinajstić information content (AvgIpc) is 2.76. The first-order chi connectivity index (χ1) is 14.1. The molecule has 0 saturated heterocycles. The Balaban J connectivity index is 1.65. The van der Waals surface area contributed by atoms with Crippen LogP contribution in [-0.2, 0) is 11.5 Å². The molecule has 1 heteroatoms. The Morgan fingerprint density at radius 1 is 0.793 bits per heavy atom.